The first-order valence-corrected chi connectivity index (χ1v) is 11.4. The van der Waals surface area contributed by atoms with E-state index in [9.17, 15) is 5.11 Å². The predicted octanol–water partition coefficient (Wildman–Crippen LogP) is 6.14. The van der Waals surface area contributed by atoms with E-state index in [-0.39, 0.29) is 6.04 Å². The zero-order valence-electron chi connectivity index (χ0n) is 17.8. The van der Waals surface area contributed by atoms with Crippen molar-refractivity contribution in [3.05, 3.63) is 12.2 Å². The average molecular weight is 370 g/mol. The predicted molar refractivity (Wildman–Crippen MR) is 115 cm³/mol. The number of hydrogen-bond acceptors (Lipinski definition) is 3. The maximum Gasteiger partial charge on any atom is 0.0894 e. The van der Waals surface area contributed by atoms with Gasteiger partial charge in [-0.2, -0.15) is 0 Å². The molecule has 0 bridgehead atoms. The molecule has 0 amide bonds. The molecule has 0 aromatic heterocycles. The topological polar surface area (TPSA) is 55.5 Å². The Morgan fingerprint density at radius 3 is 1.85 bits per heavy atom. The minimum Gasteiger partial charge on any atom is -0.387 e. The molecular weight excluding hydrogens is 322 g/mol. The van der Waals surface area contributed by atoms with Gasteiger partial charge in [-0.1, -0.05) is 103 Å². The fourth-order valence-corrected chi connectivity index (χ4v) is 3.08. The lowest BCUT2D eigenvalue weighted by Crippen LogP contribution is -2.37. The Morgan fingerprint density at radius 2 is 1.27 bits per heavy atom. The van der Waals surface area contributed by atoms with Gasteiger partial charge >= 0.3 is 0 Å². The Labute approximate surface area is 163 Å². The average Bonchev–Trinajstić information content (AvgIpc) is 2.65. The van der Waals surface area contributed by atoms with Gasteiger partial charge in [-0.3, -0.25) is 0 Å². The van der Waals surface area contributed by atoms with Crippen LogP contribution in [0.2, 0.25) is 0 Å². The van der Waals surface area contributed by atoms with Crippen LogP contribution in [0.4, 0.5) is 0 Å². The molecule has 0 rings (SSSR count). The summed E-state index contributed by atoms with van der Waals surface area (Å²) < 4.78 is 5.52. The van der Waals surface area contributed by atoms with E-state index in [0.29, 0.717) is 6.61 Å². The van der Waals surface area contributed by atoms with Crippen molar-refractivity contribution in [2.24, 2.45) is 5.73 Å². The van der Waals surface area contributed by atoms with Crippen LogP contribution in [0.15, 0.2) is 12.2 Å². The fourth-order valence-electron chi connectivity index (χ4n) is 3.08. The minimum absolute atomic E-state index is 0.315. The van der Waals surface area contributed by atoms with E-state index < -0.39 is 6.10 Å². The van der Waals surface area contributed by atoms with Gasteiger partial charge in [0, 0.05) is 6.61 Å². The lowest BCUT2D eigenvalue weighted by Gasteiger charge is -2.15. The van der Waals surface area contributed by atoms with Crippen LogP contribution in [-0.2, 0) is 4.74 Å². The van der Waals surface area contributed by atoms with Crippen LogP contribution >= 0.6 is 0 Å². The standard InChI is InChI=1S/C23H47NO2/c1-3-5-7-8-9-10-11-12-13-14-15-16-17-19-23(25)22(24)21-26-20-18-6-4-2/h17,19,22-23,25H,3-16,18,20-21,24H2,1-2H3. The second kappa shape index (κ2) is 20.9. The lowest BCUT2D eigenvalue weighted by atomic mass is 10.0. The number of ether oxygens (including phenoxy) is 1. The van der Waals surface area contributed by atoms with E-state index in [1.165, 1.54) is 83.5 Å². The molecule has 0 heterocycles. The molecule has 3 nitrogen and oxygen atoms in total. The Kier molecular flexibility index (Phi) is 20.6. The van der Waals surface area contributed by atoms with Crippen LogP contribution in [0.3, 0.4) is 0 Å². The molecule has 3 heteroatoms. The molecule has 0 radical (unpaired) electrons. The molecule has 0 aliphatic heterocycles. The summed E-state index contributed by atoms with van der Waals surface area (Å²) in [4.78, 5) is 0. The van der Waals surface area contributed by atoms with Crippen molar-refractivity contribution in [3.63, 3.8) is 0 Å². The van der Waals surface area contributed by atoms with Crippen molar-refractivity contribution >= 4 is 0 Å². The van der Waals surface area contributed by atoms with Gasteiger partial charge in [0.25, 0.3) is 0 Å². The molecule has 0 saturated carbocycles. The van der Waals surface area contributed by atoms with Gasteiger partial charge in [0.2, 0.25) is 0 Å². The molecule has 2 unspecified atom stereocenters. The maximum absolute atomic E-state index is 10.0. The van der Waals surface area contributed by atoms with Gasteiger partial charge in [-0.25, -0.2) is 0 Å². The van der Waals surface area contributed by atoms with Gasteiger partial charge in [0.05, 0.1) is 18.8 Å². The molecule has 3 N–H and O–H groups in total. The molecule has 0 saturated heterocycles. The van der Waals surface area contributed by atoms with Gasteiger partial charge in [0.1, 0.15) is 0 Å². The van der Waals surface area contributed by atoms with Crippen LogP contribution in [0.5, 0.6) is 0 Å². The number of nitrogens with two attached hydrogens (primary N) is 1. The summed E-state index contributed by atoms with van der Waals surface area (Å²) in [6.45, 7) is 5.63. The van der Waals surface area contributed by atoms with Crippen LogP contribution in [0.1, 0.15) is 110 Å². The highest BCUT2D eigenvalue weighted by Crippen LogP contribution is 2.12. The summed E-state index contributed by atoms with van der Waals surface area (Å²) in [6, 6.07) is -0.315. The van der Waals surface area contributed by atoms with Crippen molar-refractivity contribution in [2.45, 2.75) is 122 Å². The molecule has 26 heavy (non-hydrogen) atoms. The smallest absolute Gasteiger partial charge is 0.0894 e. The Hall–Kier alpha value is -0.380. The third-order valence-electron chi connectivity index (χ3n) is 4.95. The van der Waals surface area contributed by atoms with Gasteiger partial charge in [0.15, 0.2) is 0 Å². The fraction of sp³-hybridized carbons (Fsp3) is 0.913. The molecule has 0 aliphatic carbocycles. The molecule has 0 aliphatic rings. The number of allylic oxidation sites excluding steroid dienone is 1. The zero-order chi connectivity index (χ0) is 19.3. The van der Waals surface area contributed by atoms with Crippen molar-refractivity contribution in [3.8, 4) is 0 Å². The van der Waals surface area contributed by atoms with E-state index in [0.717, 1.165) is 19.4 Å². The van der Waals surface area contributed by atoms with E-state index >= 15 is 0 Å². The number of aliphatic hydroxyl groups is 1. The normalized spacial score (nSPS) is 14.2. The molecule has 156 valence electrons. The van der Waals surface area contributed by atoms with Crippen LogP contribution in [-0.4, -0.2) is 30.5 Å². The monoisotopic (exact) mass is 369 g/mol. The third kappa shape index (κ3) is 18.4. The highest BCUT2D eigenvalue weighted by Gasteiger charge is 2.11. The van der Waals surface area contributed by atoms with E-state index in [1.807, 2.05) is 6.08 Å². The van der Waals surface area contributed by atoms with Gasteiger partial charge < -0.3 is 15.6 Å². The van der Waals surface area contributed by atoms with Crippen LogP contribution < -0.4 is 5.73 Å². The summed E-state index contributed by atoms with van der Waals surface area (Å²) in [5, 5.41) is 10.0. The van der Waals surface area contributed by atoms with Crippen LogP contribution in [0, 0.1) is 0 Å². The summed E-state index contributed by atoms with van der Waals surface area (Å²) in [5.74, 6) is 0. The second-order valence-corrected chi connectivity index (χ2v) is 7.69. The van der Waals surface area contributed by atoms with E-state index in [4.69, 9.17) is 10.5 Å². The van der Waals surface area contributed by atoms with Crippen molar-refractivity contribution in [1.82, 2.24) is 0 Å². The molecule has 0 aromatic rings. The van der Waals surface area contributed by atoms with Gasteiger partial charge in [-0.05, 0) is 19.3 Å². The highest BCUT2D eigenvalue weighted by atomic mass is 16.5. The summed E-state index contributed by atoms with van der Waals surface area (Å²) in [5.41, 5.74) is 5.95. The lowest BCUT2D eigenvalue weighted by molar-refractivity contribution is 0.0785. The summed E-state index contributed by atoms with van der Waals surface area (Å²) in [6.07, 6.45) is 22.9. The highest BCUT2D eigenvalue weighted by molar-refractivity contribution is 4.93. The molecular formula is C23H47NO2. The van der Waals surface area contributed by atoms with Crippen molar-refractivity contribution < 1.29 is 9.84 Å². The number of aliphatic hydroxyl groups excluding tert-OH is 1. The van der Waals surface area contributed by atoms with Crippen molar-refractivity contribution in [2.75, 3.05) is 13.2 Å². The second-order valence-electron chi connectivity index (χ2n) is 7.69. The third-order valence-corrected chi connectivity index (χ3v) is 4.95. The van der Waals surface area contributed by atoms with Gasteiger partial charge in [-0.15, -0.1) is 0 Å². The molecule has 0 spiro atoms. The van der Waals surface area contributed by atoms with Crippen LogP contribution in [0.25, 0.3) is 0 Å². The van der Waals surface area contributed by atoms with E-state index in [1.54, 1.807) is 0 Å². The summed E-state index contributed by atoms with van der Waals surface area (Å²) >= 11 is 0. The first-order valence-electron chi connectivity index (χ1n) is 11.4. The maximum atomic E-state index is 10.0. The Balaban J connectivity index is 3.37. The zero-order valence-corrected chi connectivity index (χ0v) is 17.8. The summed E-state index contributed by atoms with van der Waals surface area (Å²) in [7, 11) is 0. The molecule has 2 atom stereocenters. The first-order chi connectivity index (χ1) is 12.7. The van der Waals surface area contributed by atoms with Crippen molar-refractivity contribution in [1.29, 1.82) is 0 Å². The molecule has 0 fully saturated rings. The first kappa shape index (κ1) is 25.6. The number of hydrogen-bond donors (Lipinski definition) is 2. The quantitative estimate of drug-likeness (QED) is 0.200. The largest absolute Gasteiger partial charge is 0.387 e. The number of rotatable bonds is 20. The SMILES string of the molecule is CCCCCCCCCCCCCC=CC(O)C(N)COCCCCC. The molecule has 0 aromatic carbocycles. The Morgan fingerprint density at radius 1 is 0.769 bits per heavy atom. The minimum atomic E-state index is -0.589. The number of unbranched alkanes of at least 4 members (excludes halogenated alkanes) is 13. The Bertz CT molecular complexity index is 294. The van der Waals surface area contributed by atoms with E-state index in [2.05, 4.69) is 19.9 Å².